The second-order valence-corrected chi connectivity index (χ2v) is 4.64. The molecule has 1 amide bonds. The van der Waals surface area contributed by atoms with Crippen LogP contribution in [-0.2, 0) is 9.53 Å². The van der Waals surface area contributed by atoms with E-state index in [0.29, 0.717) is 16.3 Å². The number of carbonyl (C=O) groups excluding carboxylic acids is 2. The van der Waals surface area contributed by atoms with Gasteiger partial charge in [-0.2, -0.15) is 0 Å². The SMILES string of the molecule is COC(=O)CNC(=O)c1nc2ccc(OC)cc2s1. The van der Waals surface area contributed by atoms with Crippen LogP contribution in [0.25, 0.3) is 10.2 Å². The van der Waals surface area contributed by atoms with Crippen LogP contribution >= 0.6 is 11.3 Å². The fourth-order valence-corrected chi connectivity index (χ4v) is 2.34. The molecule has 0 aliphatic rings. The number of fused-ring (bicyclic) bond motifs is 1. The minimum Gasteiger partial charge on any atom is -0.497 e. The van der Waals surface area contributed by atoms with Gasteiger partial charge in [0.2, 0.25) is 0 Å². The van der Waals surface area contributed by atoms with E-state index in [-0.39, 0.29) is 6.54 Å². The van der Waals surface area contributed by atoms with Crippen molar-refractivity contribution >= 4 is 33.4 Å². The van der Waals surface area contributed by atoms with Crippen molar-refractivity contribution in [2.75, 3.05) is 20.8 Å². The van der Waals surface area contributed by atoms with Crippen molar-refractivity contribution in [2.24, 2.45) is 0 Å². The molecule has 2 rings (SSSR count). The molecule has 100 valence electrons. The van der Waals surface area contributed by atoms with Crippen LogP contribution in [-0.4, -0.2) is 37.6 Å². The summed E-state index contributed by atoms with van der Waals surface area (Å²) in [6, 6.07) is 5.37. The Bertz CT molecular complexity index is 623. The van der Waals surface area contributed by atoms with Gasteiger partial charge in [0.15, 0.2) is 5.01 Å². The van der Waals surface area contributed by atoms with Crippen LogP contribution in [0.1, 0.15) is 9.80 Å². The zero-order valence-electron chi connectivity index (χ0n) is 10.4. The maximum atomic E-state index is 11.8. The summed E-state index contributed by atoms with van der Waals surface area (Å²) in [5, 5.41) is 2.74. The molecular formula is C12H12N2O4S. The van der Waals surface area contributed by atoms with Crippen LogP contribution in [0.2, 0.25) is 0 Å². The molecule has 0 radical (unpaired) electrons. The number of benzene rings is 1. The van der Waals surface area contributed by atoms with Gasteiger partial charge in [0.05, 0.1) is 24.4 Å². The van der Waals surface area contributed by atoms with Crippen molar-refractivity contribution in [2.45, 2.75) is 0 Å². The highest BCUT2D eigenvalue weighted by Gasteiger charge is 2.13. The number of amides is 1. The number of methoxy groups -OCH3 is 2. The Hall–Kier alpha value is -2.15. The number of carbonyl (C=O) groups is 2. The molecule has 7 heteroatoms. The first-order valence-electron chi connectivity index (χ1n) is 5.43. The molecule has 1 N–H and O–H groups in total. The lowest BCUT2D eigenvalue weighted by molar-refractivity contribution is -0.139. The molecule has 0 bridgehead atoms. The molecule has 0 saturated carbocycles. The fourth-order valence-electron chi connectivity index (χ4n) is 1.43. The third-order valence-corrected chi connectivity index (χ3v) is 3.43. The van der Waals surface area contributed by atoms with Crippen molar-refractivity contribution in [1.82, 2.24) is 10.3 Å². The molecule has 1 heterocycles. The maximum Gasteiger partial charge on any atom is 0.325 e. The second kappa shape index (κ2) is 5.66. The zero-order valence-corrected chi connectivity index (χ0v) is 11.2. The first-order chi connectivity index (χ1) is 9.13. The van der Waals surface area contributed by atoms with Crippen LogP contribution < -0.4 is 10.1 Å². The lowest BCUT2D eigenvalue weighted by Crippen LogP contribution is -2.29. The van der Waals surface area contributed by atoms with Crippen molar-refractivity contribution in [1.29, 1.82) is 0 Å². The van der Waals surface area contributed by atoms with E-state index in [2.05, 4.69) is 15.0 Å². The predicted molar refractivity (Wildman–Crippen MR) is 70.5 cm³/mol. The summed E-state index contributed by atoms with van der Waals surface area (Å²) in [5.41, 5.74) is 0.717. The van der Waals surface area contributed by atoms with Crippen LogP contribution in [0.5, 0.6) is 5.75 Å². The highest BCUT2D eigenvalue weighted by molar-refractivity contribution is 7.20. The largest absolute Gasteiger partial charge is 0.497 e. The predicted octanol–water partition coefficient (Wildman–Crippen LogP) is 1.21. The lowest BCUT2D eigenvalue weighted by Gasteiger charge is -1.99. The first kappa shape index (κ1) is 13.3. The molecule has 0 fully saturated rings. The van der Waals surface area contributed by atoms with Crippen LogP contribution in [0.3, 0.4) is 0 Å². The molecular weight excluding hydrogens is 268 g/mol. The maximum absolute atomic E-state index is 11.8. The van der Waals surface area contributed by atoms with E-state index < -0.39 is 11.9 Å². The number of esters is 1. The summed E-state index contributed by atoms with van der Waals surface area (Å²) in [6.07, 6.45) is 0. The van der Waals surface area contributed by atoms with Crippen molar-refractivity contribution < 1.29 is 19.1 Å². The van der Waals surface area contributed by atoms with Crippen molar-refractivity contribution in [3.8, 4) is 5.75 Å². The summed E-state index contributed by atoms with van der Waals surface area (Å²) >= 11 is 1.24. The normalized spacial score (nSPS) is 10.2. The molecule has 19 heavy (non-hydrogen) atoms. The van der Waals surface area contributed by atoms with Gasteiger partial charge in [-0.25, -0.2) is 4.98 Å². The third kappa shape index (κ3) is 3.00. The summed E-state index contributed by atoms with van der Waals surface area (Å²) in [4.78, 5) is 26.9. The smallest absolute Gasteiger partial charge is 0.325 e. The van der Waals surface area contributed by atoms with Gasteiger partial charge in [0, 0.05) is 0 Å². The molecule has 0 saturated heterocycles. The van der Waals surface area contributed by atoms with Crippen molar-refractivity contribution in [3.05, 3.63) is 23.2 Å². The number of ether oxygens (including phenoxy) is 2. The molecule has 1 aromatic carbocycles. The van der Waals surface area contributed by atoms with Gasteiger partial charge in [0.1, 0.15) is 12.3 Å². The Morgan fingerprint density at radius 3 is 2.84 bits per heavy atom. The number of hydrogen-bond acceptors (Lipinski definition) is 6. The first-order valence-corrected chi connectivity index (χ1v) is 6.25. The van der Waals surface area contributed by atoms with Crippen LogP contribution in [0.15, 0.2) is 18.2 Å². The Balaban J connectivity index is 2.16. The van der Waals surface area contributed by atoms with Gasteiger partial charge in [-0.05, 0) is 18.2 Å². The Labute approximate surface area is 113 Å². The van der Waals surface area contributed by atoms with Crippen molar-refractivity contribution in [3.63, 3.8) is 0 Å². The second-order valence-electron chi connectivity index (χ2n) is 3.61. The highest BCUT2D eigenvalue weighted by Crippen LogP contribution is 2.26. The number of aromatic nitrogens is 1. The third-order valence-electron chi connectivity index (χ3n) is 2.41. The number of rotatable bonds is 4. The van der Waals surface area contributed by atoms with Crippen LogP contribution in [0.4, 0.5) is 0 Å². The summed E-state index contributed by atoms with van der Waals surface area (Å²) in [5.74, 6) is -0.195. The standard InChI is InChI=1S/C12H12N2O4S/c1-17-7-3-4-8-9(5-7)19-12(14-8)11(16)13-6-10(15)18-2/h3-5H,6H2,1-2H3,(H,13,16). The Kier molecular flexibility index (Phi) is 3.96. The fraction of sp³-hybridized carbons (Fsp3) is 0.250. The van der Waals surface area contributed by atoms with E-state index >= 15 is 0 Å². The quantitative estimate of drug-likeness (QED) is 0.852. The number of thiazole rings is 1. The van der Waals surface area contributed by atoms with Gasteiger partial charge in [-0.1, -0.05) is 0 Å². The van der Waals surface area contributed by atoms with E-state index in [1.807, 2.05) is 6.07 Å². The average molecular weight is 280 g/mol. The highest BCUT2D eigenvalue weighted by atomic mass is 32.1. The molecule has 0 spiro atoms. The zero-order chi connectivity index (χ0) is 13.8. The van der Waals surface area contributed by atoms with E-state index in [9.17, 15) is 9.59 Å². The summed E-state index contributed by atoms with van der Waals surface area (Å²) < 4.78 is 10.4. The molecule has 0 aliphatic heterocycles. The average Bonchev–Trinajstić information content (AvgIpc) is 2.86. The molecule has 0 unspecified atom stereocenters. The summed E-state index contributed by atoms with van der Waals surface area (Å²) in [7, 11) is 2.84. The van der Waals surface area contributed by atoms with Gasteiger partial charge in [0.25, 0.3) is 5.91 Å². The van der Waals surface area contributed by atoms with Crippen LogP contribution in [0, 0.1) is 0 Å². The summed E-state index contributed by atoms with van der Waals surface area (Å²) in [6.45, 7) is -0.172. The van der Waals surface area contributed by atoms with Gasteiger partial charge in [-0.15, -0.1) is 11.3 Å². The Morgan fingerprint density at radius 2 is 2.16 bits per heavy atom. The molecule has 0 aliphatic carbocycles. The Morgan fingerprint density at radius 1 is 1.37 bits per heavy atom. The number of nitrogens with one attached hydrogen (secondary N) is 1. The number of hydrogen-bond donors (Lipinski definition) is 1. The van der Waals surface area contributed by atoms with E-state index in [0.717, 1.165) is 4.70 Å². The van der Waals surface area contributed by atoms with E-state index in [1.54, 1.807) is 19.2 Å². The molecule has 0 atom stereocenters. The minimum atomic E-state index is -0.504. The molecule has 6 nitrogen and oxygen atoms in total. The van der Waals surface area contributed by atoms with E-state index in [1.165, 1.54) is 18.4 Å². The van der Waals surface area contributed by atoms with E-state index in [4.69, 9.17) is 4.74 Å². The molecule has 1 aromatic heterocycles. The lowest BCUT2D eigenvalue weighted by atomic mass is 10.3. The minimum absolute atomic E-state index is 0.172. The van der Waals surface area contributed by atoms with Gasteiger partial charge < -0.3 is 14.8 Å². The molecule has 2 aromatic rings. The van der Waals surface area contributed by atoms with Gasteiger partial charge in [-0.3, -0.25) is 9.59 Å². The topological polar surface area (TPSA) is 77.5 Å². The number of nitrogens with zero attached hydrogens (tertiary/aromatic N) is 1. The van der Waals surface area contributed by atoms with Gasteiger partial charge >= 0.3 is 5.97 Å². The monoisotopic (exact) mass is 280 g/mol.